The van der Waals surface area contributed by atoms with Crippen molar-refractivity contribution in [3.63, 3.8) is 0 Å². The van der Waals surface area contributed by atoms with Crippen LogP contribution in [0.25, 0.3) is 0 Å². The Hall–Kier alpha value is -3.10. The zero-order chi connectivity index (χ0) is 28.9. The second-order valence-corrected chi connectivity index (χ2v) is 10.6. The van der Waals surface area contributed by atoms with Crippen LogP contribution in [0.5, 0.6) is 0 Å². The number of alkyl carbamates (subject to hydrolysis) is 1. The summed E-state index contributed by atoms with van der Waals surface area (Å²) in [7, 11) is 0. The van der Waals surface area contributed by atoms with Gasteiger partial charge < -0.3 is 25.0 Å². The van der Waals surface area contributed by atoms with Gasteiger partial charge in [0.25, 0.3) is 0 Å². The first-order valence-electron chi connectivity index (χ1n) is 13.6. The Morgan fingerprint density at radius 2 is 1.66 bits per heavy atom. The van der Waals surface area contributed by atoms with Crippen molar-refractivity contribution < 1.29 is 28.7 Å². The van der Waals surface area contributed by atoms with Gasteiger partial charge in [0, 0.05) is 13.1 Å². The van der Waals surface area contributed by atoms with E-state index in [0.717, 1.165) is 12.0 Å². The summed E-state index contributed by atoms with van der Waals surface area (Å²) < 4.78 is 10.4. The van der Waals surface area contributed by atoms with Gasteiger partial charge in [-0.1, -0.05) is 63.4 Å². The molecule has 1 rings (SSSR count). The largest absolute Gasteiger partial charge is 0.466 e. The standard InChI is InChI=1S/C29H47N3O6/c1-9-12-19-32(27(35)24(21(5)10-2)31-28(36)38-29(6,7)8)25(22-15-13-20(4)14-16-22)26(34)30-18-17-23(33)37-11-3/h13-16,21,24-25H,9-12,17-19H2,1-8H3,(H,30,34)(H,31,36). The van der Waals surface area contributed by atoms with Gasteiger partial charge in [-0.3, -0.25) is 14.4 Å². The molecular weight excluding hydrogens is 486 g/mol. The van der Waals surface area contributed by atoms with Gasteiger partial charge in [0.05, 0.1) is 13.0 Å². The highest BCUT2D eigenvalue weighted by Gasteiger charge is 2.37. The molecule has 0 aliphatic rings. The van der Waals surface area contributed by atoms with Gasteiger partial charge in [0.2, 0.25) is 11.8 Å². The fourth-order valence-corrected chi connectivity index (χ4v) is 3.83. The van der Waals surface area contributed by atoms with Crippen molar-refractivity contribution >= 4 is 23.9 Å². The Morgan fingerprint density at radius 3 is 2.18 bits per heavy atom. The maximum atomic E-state index is 14.1. The summed E-state index contributed by atoms with van der Waals surface area (Å²) in [5, 5.41) is 5.57. The lowest BCUT2D eigenvalue weighted by Crippen LogP contribution is -2.55. The van der Waals surface area contributed by atoms with Crippen LogP contribution in [0.3, 0.4) is 0 Å². The Morgan fingerprint density at radius 1 is 1.03 bits per heavy atom. The van der Waals surface area contributed by atoms with Crippen LogP contribution in [0, 0.1) is 12.8 Å². The molecule has 3 amide bonds. The van der Waals surface area contributed by atoms with Gasteiger partial charge in [-0.25, -0.2) is 4.79 Å². The van der Waals surface area contributed by atoms with Gasteiger partial charge in [0.1, 0.15) is 17.7 Å². The third kappa shape index (κ3) is 11.1. The zero-order valence-electron chi connectivity index (χ0n) is 24.4. The highest BCUT2D eigenvalue weighted by Crippen LogP contribution is 2.25. The smallest absolute Gasteiger partial charge is 0.408 e. The Kier molecular flexibility index (Phi) is 13.9. The first-order valence-corrected chi connectivity index (χ1v) is 13.6. The Balaban J connectivity index is 3.40. The third-order valence-corrected chi connectivity index (χ3v) is 6.07. The fourth-order valence-electron chi connectivity index (χ4n) is 3.83. The van der Waals surface area contributed by atoms with E-state index in [0.29, 0.717) is 24.9 Å². The Labute approximate surface area is 228 Å². The molecule has 9 nitrogen and oxygen atoms in total. The number of nitrogens with zero attached hydrogens (tertiary/aromatic N) is 1. The number of aryl methyl sites for hydroxylation is 1. The van der Waals surface area contributed by atoms with Crippen LogP contribution in [0.15, 0.2) is 24.3 Å². The number of unbranched alkanes of at least 4 members (excludes halogenated alkanes) is 1. The number of amides is 3. The van der Waals surface area contributed by atoms with Crippen LogP contribution in [0.1, 0.15) is 91.3 Å². The van der Waals surface area contributed by atoms with Gasteiger partial charge >= 0.3 is 12.1 Å². The van der Waals surface area contributed by atoms with Crippen LogP contribution in [0.4, 0.5) is 4.79 Å². The molecule has 2 N–H and O–H groups in total. The third-order valence-electron chi connectivity index (χ3n) is 6.07. The molecule has 0 saturated heterocycles. The van der Waals surface area contributed by atoms with Crippen LogP contribution in [-0.2, 0) is 23.9 Å². The SMILES string of the molecule is CCCCN(C(=O)C(NC(=O)OC(C)(C)C)C(C)CC)C(C(=O)NCCC(=O)OCC)c1ccc(C)cc1. The van der Waals surface area contributed by atoms with Crippen molar-refractivity contribution in [1.29, 1.82) is 0 Å². The van der Waals surface area contributed by atoms with Crippen LogP contribution < -0.4 is 10.6 Å². The second-order valence-electron chi connectivity index (χ2n) is 10.6. The predicted octanol–water partition coefficient (Wildman–Crippen LogP) is 4.67. The van der Waals surface area contributed by atoms with E-state index in [1.165, 1.54) is 0 Å². The monoisotopic (exact) mass is 533 g/mol. The predicted molar refractivity (Wildman–Crippen MR) is 147 cm³/mol. The number of hydrogen-bond acceptors (Lipinski definition) is 6. The summed E-state index contributed by atoms with van der Waals surface area (Å²) in [4.78, 5) is 53.7. The molecule has 0 saturated carbocycles. The lowest BCUT2D eigenvalue weighted by atomic mass is 9.95. The van der Waals surface area contributed by atoms with E-state index in [2.05, 4.69) is 10.6 Å². The fraction of sp³-hybridized carbons (Fsp3) is 0.655. The zero-order valence-corrected chi connectivity index (χ0v) is 24.4. The molecule has 0 fully saturated rings. The normalized spacial score (nSPS) is 13.6. The average Bonchev–Trinajstić information content (AvgIpc) is 2.84. The summed E-state index contributed by atoms with van der Waals surface area (Å²) in [6.45, 7) is 15.4. The highest BCUT2D eigenvalue weighted by molar-refractivity contribution is 5.92. The van der Waals surface area contributed by atoms with Gasteiger partial charge in [-0.2, -0.15) is 0 Å². The van der Waals surface area contributed by atoms with Crippen LogP contribution in [-0.4, -0.2) is 60.1 Å². The maximum absolute atomic E-state index is 14.1. The summed E-state index contributed by atoms with van der Waals surface area (Å²) in [5.41, 5.74) is 0.942. The topological polar surface area (TPSA) is 114 Å². The molecule has 1 aromatic carbocycles. The van der Waals surface area contributed by atoms with Crippen molar-refractivity contribution in [3.05, 3.63) is 35.4 Å². The number of carbonyl (C=O) groups excluding carboxylic acids is 4. The quantitative estimate of drug-likeness (QED) is 0.336. The lowest BCUT2D eigenvalue weighted by molar-refractivity contribution is -0.145. The second kappa shape index (κ2) is 16.0. The van der Waals surface area contributed by atoms with E-state index in [1.807, 2.05) is 52.0 Å². The van der Waals surface area contributed by atoms with E-state index in [9.17, 15) is 19.2 Å². The van der Waals surface area contributed by atoms with Crippen LogP contribution >= 0.6 is 0 Å². The first-order chi connectivity index (χ1) is 17.8. The van der Waals surface area contributed by atoms with Crippen molar-refractivity contribution in [2.24, 2.45) is 5.92 Å². The van der Waals surface area contributed by atoms with Crippen molar-refractivity contribution in [2.75, 3.05) is 19.7 Å². The highest BCUT2D eigenvalue weighted by atomic mass is 16.6. The summed E-state index contributed by atoms with van der Waals surface area (Å²) in [6, 6.07) is 5.62. The summed E-state index contributed by atoms with van der Waals surface area (Å²) >= 11 is 0. The number of nitrogens with one attached hydrogen (secondary N) is 2. The molecule has 9 heteroatoms. The van der Waals surface area contributed by atoms with E-state index >= 15 is 0 Å². The van der Waals surface area contributed by atoms with Crippen molar-refractivity contribution in [1.82, 2.24) is 15.5 Å². The number of carbonyl (C=O) groups is 4. The lowest BCUT2D eigenvalue weighted by Gasteiger charge is -2.36. The number of rotatable bonds is 14. The van der Waals surface area contributed by atoms with Crippen LogP contribution in [0.2, 0.25) is 0 Å². The molecular formula is C29H47N3O6. The molecule has 0 heterocycles. The molecule has 0 spiro atoms. The first kappa shape index (κ1) is 32.9. The molecule has 1 aromatic rings. The average molecular weight is 534 g/mol. The number of esters is 1. The molecule has 0 aromatic heterocycles. The Bertz CT molecular complexity index is 910. The van der Waals surface area contributed by atoms with E-state index in [4.69, 9.17) is 9.47 Å². The molecule has 38 heavy (non-hydrogen) atoms. The molecule has 214 valence electrons. The van der Waals surface area contributed by atoms with Crippen molar-refractivity contribution in [3.8, 4) is 0 Å². The molecule has 0 radical (unpaired) electrons. The molecule has 0 aliphatic heterocycles. The molecule has 0 aliphatic carbocycles. The maximum Gasteiger partial charge on any atom is 0.408 e. The minimum atomic E-state index is -0.941. The number of hydrogen-bond donors (Lipinski definition) is 2. The van der Waals surface area contributed by atoms with Gasteiger partial charge in [0.15, 0.2) is 0 Å². The number of benzene rings is 1. The minimum absolute atomic E-state index is 0.0266. The molecule has 0 bridgehead atoms. The van der Waals surface area contributed by atoms with Gasteiger partial charge in [-0.05, 0) is 52.5 Å². The molecule has 3 unspecified atom stereocenters. The summed E-state index contributed by atoms with van der Waals surface area (Å²) in [6.07, 6.45) is 1.46. The minimum Gasteiger partial charge on any atom is -0.466 e. The summed E-state index contributed by atoms with van der Waals surface area (Å²) in [5.74, 6) is -1.37. The van der Waals surface area contributed by atoms with Crippen molar-refractivity contribution in [2.45, 2.75) is 98.8 Å². The number of ether oxygens (including phenoxy) is 2. The molecule has 3 atom stereocenters. The van der Waals surface area contributed by atoms with E-state index < -0.39 is 35.7 Å². The van der Waals surface area contributed by atoms with E-state index in [1.54, 1.807) is 32.6 Å². The van der Waals surface area contributed by atoms with Gasteiger partial charge in [-0.15, -0.1) is 0 Å². The van der Waals surface area contributed by atoms with E-state index in [-0.39, 0.29) is 31.4 Å².